The standard InChI is InChI=1S/C24H45N5O/c1-18(30)28-12-8-20(9-13-28)16-29-17-27-23-7-6-22(14-24(23)29)21-4-2-19(3-5-21)15-26-11-10-25/h19-24,26-27H,2-17,25H2,1H3. The number of carbonyl (C=O) groups is 1. The summed E-state index contributed by atoms with van der Waals surface area (Å²) in [5.41, 5.74) is 5.61. The number of piperidine rings is 1. The first-order chi connectivity index (χ1) is 14.6. The van der Waals surface area contributed by atoms with Crippen molar-refractivity contribution in [2.75, 3.05) is 45.9 Å². The molecule has 2 saturated heterocycles. The molecule has 172 valence electrons. The lowest BCUT2D eigenvalue weighted by atomic mass is 9.69. The third-order valence-corrected chi connectivity index (χ3v) is 8.75. The van der Waals surface area contributed by atoms with Gasteiger partial charge in [0.1, 0.15) is 0 Å². The summed E-state index contributed by atoms with van der Waals surface area (Å²) in [5.74, 6) is 3.77. The molecule has 3 unspecified atom stereocenters. The molecular formula is C24H45N5O. The topological polar surface area (TPSA) is 73.6 Å². The van der Waals surface area contributed by atoms with E-state index in [4.69, 9.17) is 5.73 Å². The van der Waals surface area contributed by atoms with Crippen LogP contribution in [0.3, 0.4) is 0 Å². The minimum absolute atomic E-state index is 0.247. The van der Waals surface area contributed by atoms with Crippen molar-refractivity contribution in [1.29, 1.82) is 0 Å². The highest BCUT2D eigenvalue weighted by atomic mass is 16.2. The Balaban J connectivity index is 1.22. The van der Waals surface area contributed by atoms with Gasteiger partial charge in [-0.3, -0.25) is 15.0 Å². The van der Waals surface area contributed by atoms with Crippen molar-refractivity contribution in [3.05, 3.63) is 0 Å². The van der Waals surface area contributed by atoms with Crippen LogP contribution in [0.1, 0.15) is 64.7 Å². The van der Waals surface area contributed by atoms with Crippen molar-refractivity contribution in [2.45, 2.75) is 76.8 Å². The maximum Gasteiger partial charge on any atom is 0.219 e. The van der Waals surface area contributed by atoms with E-state index >= 15 is 0 Å². The Labute approximate surface area is 183 Å². The van der Waals surface area contributed by atoms with Crippen LogP contribution in [0.2, 0.25) is 0 Å². The van der Waals surface area contributed by atoms with Crippen LogP contribution in [0.5, 0.6) is 0 Å². The molecule has 6 heteroatoms. The molecule has 6 nitrogen and oxygen atoms in total. The molecule has 0 radical (unpaired) electrons. The number of fused-ring (bicyclic) bond motifs is 1. The number of amides is 1. The first-order valence-corrected chi connectivity index (χ1v) is 12.8. The Morgan fingerprint density at radius 1 is 1.00 bits per heavy atom. The van der Waals surface area contributed by atoms with E-state index in [0.29, 0.717) is 0 Å². The Morgan fingerprint density at radius 2 is 1.73 bits per heavy atom. The van der Waals surface area contributed by atoms with Gasteiger partial charge < -0.3 is 16.0 Å². The van der Waals surface area contributed by atoms with E-state index < -0.39 is 0 Å². The quantitative estimate of drug-likeness (QED) is 0.551. The molecule has 3 atom stereocenters. The van der Waals surface area contributed by atoms with Gasteiger partial charge in [0.15, 0.2) is 0 Å². The average molecular weight is 420 g/mol. The fourth-order valence-corrected chi connectivity index (χ4v) is 6.83. The number of rotatable bonds is 7. The molecule has 0 aromatic rings. The minimum atomic E-state index is 0.247. The third kappa shape index (κ3) is 5.56. The Kier molecular flexibility index (Phi) is 8.07. The number of hydrogen-bond donors (Lipinski definition) is 3. The van der Waals surface area contributed by atoms with E-state index in [1.165, 1.54) is 70.9 Å². The van der Waals surface area contributed by atoms with Gasteiger partial charge >= 0.3 is 0 Å². The third-order valence-electron chi connectivity index (χ3n) is 8.75. The fraction of sp³-hybridized carbons (Fsp3) is 0.958. The molecule has 2 saturated carbocycles. The Morgan fingerprint density at radius 3 is 2.43 bits per heavy atom. The Hall–Kier alpha value is -0.690. The van der Waals surface area contributed by atoms with Crippen molar-refractivity contribution in [3.63, 3.8) is 0 Å². The number of nitrogens with zero attached hydrogens (tertiary/aromatic N) is 2. The molecular weight excluding hydrogens is 374 g/mol. The van der Waals surface area contributed by atoms with Gasteiger partial charge in [-0.2, -0.15) is 0 Å². The van der Waals surface area contributed by atoms with Crippen LogP contribution < -0.4 is 16.4 Å². The largest absolute Gasteiger partial charge is 0.343 e. The number of nitrogens with one attached hydrogen (secondary N) is 2. The lowest BCUT2D eigenvalue weighted by Gasteiger charge is -2.42. The van der Waals surface area contributed by atoms with Crippen LogP contribution in [0.25, 0.3) is 0 Å². The molecule has 0 aromatic carbocycles. The van der Waals surface area contributed by atoms with Gasteiger partial charge in [0.25, 0.3) is 0 Å². The highest BCUT2D eigenvalue weighted by Crippen LogP contribution is 2.42. The molecule has 4 rings (SSSR count). The summed E-state index contributed by atoms with van der Waals surface area (Å²) < 4.78 is 0. The van der Waals surface area contributed by atoms with E-state index in [1.54, 1.807) is 6.92 Å². The van der Waals surface area contributed by atoms with Crippen molar-refractivity contribution >= 4 is 5.91 Å². The van der Waals surface area contributed by atoms with Gasteiger partial charge in [0.05, 0.1) is 0 Å². The first kappa shape index (κ1) is 22.5. The number of nitrogens with two attached hydrogens (primary N) is 1. The van der Waals surface area contributed by atoms with E-state index in [1.807, 2.05) is 4.90 Å². The number of hydrogen-bond acceptors (Lipinski definition) is 5. The van der Waals surface area contributed by atoms with Crippen LogP contribution in [-0.2, 0) is 4.79 Å². The van der Waals surface area contributed by atoms with Crippen molar-refractivity contribution < 1.29 is 4.79 Å². The molecule has 4 aliphatic rings. The van der Waals surface area contributed by atoms with Crippen LogP contribution in [-0.4, -0.2) is 73.7 Å². The van der Waals surface area contributed by atoms with Crippen molar-refractivity contribution in [3.8, 4) is 0 Å². The number of likely N-dealkylation sites (tertiary alicyclic amines) is 1. The monoisotopic (exact) mass is 419 g/mol. The highest BCUT2D eigenvalue weighted by molar-refractivity contribution is 5.73. The summed E-state index contributed by atoms with van der Waals surface area (Å²) in [4.78, 5) is 16.4. The lowest BCUT2D eigenvalue weighted by Crippen LogP contribution is -2.46. The van der Waals surface area contributed by atoms with Crippen LogP contribution in [0.4, 0.5) is 0 Å². The number of carbonyl (C=O) groups excluding carboxylic acids is 1. The first-order valence-electron chi connectivity index (χ1n) is 12.8. The summed E-state index contributed by atoms with van der Waals surface area (Å²) in [6.45, 7) is 8.81. The van der Waals surface area contributed by atoms with Crippen molar-refractivity contribution in [1.82, 2.24) is 20.4 Å². The fourth-order valence-electron chi connectivity index (χ4n) is 6.83. The molecule has 1 amide bonds. The molecule has 2 heterocycles. The van der Waals surface area contributed by atoms with Gasteiger partial charge in [0, 0.05) is 58.4 Å². The van der Waals surface area contributed by atoms with E-state index in [0.717, 1.165) is 68.6 Å². The summed E-state index contributed by atoms with van der Waals surface area (Å²) in [6.07, 6.45) is 12.3. The normalized spacial score (nSPS) is 36.1. The molecule has 30 heavy (non-hydrogen) atoms. The second-order valence-corrected chi connectivity index (χ2v) is 10.6. The average Bonchev–Trinajstić information content (AvgIpc) is 3.17. The van der Waals surface area contributed by atoms with Gasteiger partial charge in [-0.25, -0.2) is 0 Å². The molecule has 0 spiro atoms. The minimum Gasteiger partial charge on any atom is -0.343 e. The van der Waals surface area contributed by atoms with E-state index in [2.05, 4.69) is 15.5 Å². The van der Waals surface area contributed by atoms with Gasteiger partial charge in [-0.05, 0) is 88.0 Å². The lowest BCUT2D eigenvalue weighted by molar-refractivity contribution is -0.130. The molecule has 0 bridgehead atoms. The van der Waals surface area contributed by atoms with Gasteiger partial charge in [0.2, 0.25) is 5.91 Å². The predicted molar refractivity (Wildman–Crippen MR) is 122 cm³/mol. The van der Waals surface area contributed by atoms with Gasteiger partial charge in [-0.1, -0.05) is 0 Å². The second kappa shape index (κ2) is 10.8. The molecule has 0 aromatic heterocycles. The summed E-state index contributed by atoms with van der Waals surface area (Å²) >= 11 is 0. The van der Waals surface area contributed by atoms with Crippen LogP contribution >= 0.6 is 0 Å². The molecule has 2 aliphatic carbocycles. The zero-order valence-electron chi connectivity index (χ0n) is 19.2. The van der Waals surface area contributed by atoms with Crippen LogP contribution in [0, 0.1) is 23.7 Å². The molecule has 2 aliphatic heterocycles. The predicted octanol–water partition coefficient (Wildman–Crippen LogP) is 2.00. The SMILES string of the molecule is CC(=O)N1CCC(CN2CNC3CCC(C4CCC(CNCCN)CC4)CC32)CC1. The molecule has 4 N–H and O–H groups in total. The maximum atomic E-state index is 11.6. The Bertz CT molecular complexity index is 542. The van der Waals surface area contributed by atoms with E-state index in [-0.39, 0.29) is 5.91 Å². The maximum absolute atomic E-state index is 11.6. The molecule has 4 fully saturated rings. The summed E-state index contributed by atoms with van der Waals surface area (Å²) in [7, 11) is 0. The second-order valence-electron chi connectivity index (χ2n) is 10.6. The van der Waals surface area contributed by atoms with Crippen molar-refractivity contribution in [2.24, 2.45) is 29.4 Å². The zero-order chi connectivity index (χ0) is 20.9. The zero-order valence-corrected chi connectivity index (χ0v) is 19.2. The van der Waals surface area contributed by atoms with Crippen LogP contribution in [0.15, 0.2) is 0 Å². The van der Waals surface area contributed by atoms with Gasteiger partial charge in [-0.15, -0.1) is 0 Å². The van der Waals surface area contributed by atoms with E-state index in [9.17, 15) is 4.79 Å². The smallest absolute Gasteiger partial charge is 0.219 e. The highest BCUT2D eigenvalue weighted by Gasteiger charge is 2.42. The summed E-state index contributed by atoms with van der Waals surface area (Å²) in [5, 5.41) is 7.35. The summed E-state index contributed by atoms with van der Waals surface area (Å²) in [6, 6.07) is 1.47.